The molecular weight excluding hydrogens is 346 g/mol. The Labute approximate surface area is 157 Å². The van der Waals surface area contributed by atoms with Crippen LogP contribution in [0.1, 0.15) is 38.9 Å². The molecule has 27 heavy (non-hydrogen) atoms. The molecule has 142 valence electrons. The summed E-state index contributed by atoms with van der Waals surface area (Å²) >= 11 is 0. The second-order valence-electron chi connectivity index (χ2n) is 7.53. The summed E-state index contributed by atoms with van der Waals surface area (Å²) in [6.45, 7) is 4.04. The average molecular weight is 369 g/mol. The Morgan fingerprint density at radius 3 is 2.81 bits per heavy atom. The van der Waals surface area contributed by atoms with Crippen LogP contribution in [0.5, 0.6) is 0 Å². The third kappa shape index (κ3) is 2.87. The molecule has 0 bridgehead atoms. The van der Waals surface area contributed by atoms with Crippen molar-refractivity contribution in [1.82, 2.24) is 15.1 Å². The Morgan fingerprint density at radius 1 is 1.30 bits per heavy atom. The summed E-state index contributed by atoms with van der Waals surface area (Å²) in [7, 11) is 0. The molecular formula is C20H23N3O4. The number of amides is 4. The van der Waals surface area contributed by atoms with Crippen LogP contribution in [0.3, 0.4) is 0 Å². The summed E-state index contributed by atoms with van der Waals surface area (Å²) < 4.78 is 5.80. The molecule has 2 atom stereocenters. The van der Waals surface area contributed by atoms with Gasteiger partial charge >= 0.3 is 6.03 Å². The second kappa shape index (κ2) is 6.40. The Bertz CT molecular complexity index is 888. The van der Waals surface area contributed by atoms with Gasteiger partial charge in [-0.25, -0.2) is 4.79 Å². The maximum absolute atomic E-state index is 13.0. The van der Waals surface area contributed by atoms with Crippen LogP contribution in [-0.2, 0) is 15.1 Å². The van der Waals surface area contributed by atoms with E-state index in [1.165, 1.54) is 0 Å². The van der Waals surface area contributed by atoms with Crippen molar-refractivity contribution in [3.8, 4) is 0 Å². The quantitative estimate of drug-likeness (QED) is 0.843. The molecule has 7 nitrogen and oxygen atoms in total. The molecule has 3 heterocycles. The molecule has 0 aliphatic carbocycles. The number of fused-ring (bicyclic) bond motifs is 1. The lowest BCUT2D eigenvalue weighted by Crippen LogP contribution is -2.48. The maximum atomic E-state index is 13.0. The minimum Gasteiger partial charge on any atom is -0.458 e. The van der Waals surface area contributed by atoms with E-state index in [2.05, 4.69) is 5.32 Å². The first-order valence-corrected chi connectivity index (χ1v) is 9.33. The molecule has 2 aliphatic heterocycles. The number of urea groups is 1. The van der Waals surface area contributed by atoms with Crippen LogP contribution in [0.25, 0.3) is 11.0 Å². The van der Waals surface area contributed by atoms with Crippen molar-refractivity contribution < 1.29 is 18.8 Å². The first kappa shape index (κ1) is 17.6. The number of hydrogen-bond donors (Lipinski definition) is 1. The molecule has 0 saturated carbocycles. The highest BCUT2D eigenvalue weighted by molar-refractivity contribution is 6.09. The Balaban J connectivity index is 1.56. The number of benzene rings is 1. The van der Waals surface area contributed by atoms with E-state index < -0.39 is 17.5 Å². The molecule has 2 aliphatic rings. The van der Waals surface area contributed by atoms with Gasteiger partial charge < -0.3 is 14.6 Å². The highest BCUT2D eigenvalue weighted by Gasteiger charge is 2.52. The monoisotopic (exact) mass is 369 g/mol. The smallest absolute Gasteiger partial charge is 0.325 e. The summed E-state index contributed by atoms with van der Waals surface area (Å²) in [4.78, 5) is 40.9. The fraction of sp³-hybridized carbons (Fsp3) is 0.450. The molecule has 4 rings (SSSR count). The van der Waals surface area contributed by atoms with Gasteiger partial charge in [-0.2, -0.15) is 0 Å². The predicted octanol–water partition coefficient (Wildman–Crippen LogP) is 2.60. The van der Waals surface area contributed by atoms with Gasteiger partial charge in [0.15, 0.2) is 5.54 Å². The van der Waals surface area contributed by atoms with Gasteiger partial charge in [0.2, 0.25) is 5.91 Å². The lowest BCUT2D eigenvalue weighted by Gasteiger charge is -2.34. The third-order valence-electron chi connectivity index (χ3n) is 5.61. The number of furan rings is 1. The zero-order valence-electron chi connectivity index (χ0n) is 15.5. The Kier molecular flexibility index (Phi) is 4.17. The highest BCUT2D eigenvalue weighted by Crippen LogP contribution is 2.33. The molecule has 1 N–H and O–H groups in total. The largest absolute Gasteiger partial charge is 0.458 e. The van der Waals surface area contributed by atoms with Gasteiger partial charge in [-0.1, -0.05) is 18.2 Å². The van der Waals surface area contributed by atoms with Crippen LogP contribution in [0.15, 0.2) is 34.7 Å². The fourth-order valence-electron chi connectivity index (χ4n) is 3.93. The zero-order valence-corrected chi connectivity index (χ0v) is 15.5. The number of nitrogens with zero attached hydrogens (tertiary/aromatic N) is 2. The zero-order chi connectivity index (χ0) is 19.2. The molecule has 0 unspecified atom stereocenters. The first-order chi connectivity index (χ1) is 12.9. The van der Waals surface area contributed by atoms with Gasteiger partial charge in [0.05, 0.1) is 0 Å². The standard InChI is InChI=1S/C20H23N3O4/c1-13-7-5-6-10-22(13)17(24)12-23-18(25)20(2,21-19(23)26)16-11-14-8-3-4-9-15(14)27-16/h3-4,8-9,11,13H,5-7,10,12H2,1-2H3,(H,21,26)/t13-,20-/m1/s1. The van der Waals surface area contributed by atoms with Crippen molar-refractivity contribution in [2.45, 2.75) is 44.7 Å². The van der Waals surface area contributed by atoms with Crippen LogP contribution < -0.4 is 5.32 Å². The summed E-state index contributed by atoms with van der Waals surface area (Å²) in [6.07, 6.45) is 2.99. The molecule has 4 amide bonds. The minimum absolute atomic E-state index is 0.133. The Hall–Kier alpha value is -2.83. The summed E-state index contributed by atoms with van der Waals surface area (Å²) in [5.74, 6) is -0.299. The van der Waals surface area contributed by atoms with E-state index in [0.717, 1.165) is 29.5 Å². The van der Waals surface area contributed by atoms with E-state index in [4.69, 9.17) is 4.42 Å². The van der Waals surface area contributed by atoms with Gasteiger partial charge in [0.1, 0.15) is 17.9 Å². The molecule has 1 aromatic heterocycles. The average Bonchev–Trinajstić information content (AvgIpc) is 3.18. The maximum Gasteiger partial charge on any atom is 0.325 e. The lowest BCUT2D eigenvalue weighted by molar-refractivity contribution is -0.141. The number of nitrogens with one attached hydrogen (secondary N) is 1. The molecule has 2 fully saturated rings. The van der Waals surface area contributed by atoms with Crippen molar-refractivity contribution in [2.75, 3.05) is 13.1 Å². The van der Waals surface area contributed by atoms with Crippen LogP contribution >= 0.6 is 0 Å². The minimum atomic E-state index is -1.32. The van der Waals surface area contributed by atoms with Gasteiger partial charge in [0, 0.05) is 18.0 Å². The molecule has 2 aromatic rings. The van der Waals surface area contributed by atoms with Crippen molar-refractivity contribution in [3.63, 3.8) is 0 Å². The SMILES string of the molecule is C[C@@H]1CCCCN1C(=O)CN1C(=O)N[C@](C)(c2cc3ccccc3o2)C1=O. The molecule has 7 heteroatoms. The number of piperidine rings is 1. The highest BCUT2D eigenvalue weighted by atomic mass is 16.3. The fourth-order valence-corrected chi connectivity index (χ4v) is 3.93. The lowest BCUT2D eigenvalue weighted by atomic mass is 9.98. The number of carbonyl (C=O) groups excluding carboxylic acids is 3. The molecule has 0 radical (unpaired) electrons. The van der Waals surface area contributed by atoms with Crippen LogP contribution in [-0.4, -0.2) is 46.8 Å². The topological polar surface area (TPSA) is 82.9 Å². The molecule has 0 spiro atoms. The normalized spacial score (nSPS) is 25.9. The molecule has 1 aromatic carbocycles. The van der Waals surface area contributed by atoms with E-state index in [0.29, 0.717) is 17.9 Å². The van der Waals surface area contributed by atoms with Crippen molar-refractivity contribution in [3.05, 3.63) is 36.1 Å². The van der Waals surface area contributed by atoms with E-state index in [-0.39, 0.29) is 18.5 Å². The first-order valence-electron chi connectivity index (χ1n) is 9.33. The van der Waals surface area contributed by atoms with E-state index in [9.17, 15) is 14.4 Å². The Morgan fingerprint density at radius 2 is 2.07 bits per heavy atom. The number of para-hydroxylation sites is 1. The summed E-state index contributed by atoms with van der Waals surface area (Å²) in [5, 5.41) is 3.55. The van der Waals surface area contributed by atoms with E-state index >= 15 is 0 Å². The number of likely N-dealkylation sites (tertiary alicyclic amines) is 1. The number of carbonyl (C=O) groups is 3. The van der Waals surface area contributed by atoms with E-state index in [1.807, 2.05) is 31.2 Å². The third-order valence-corrected chi connectivity index (χ3v) is 5.61. The van der Waals surface area contributed by atoms with Gasteiger partial charge in [-0.05, 0) is 45.2 Å². The molecule has 2 saturated heterocycles. The predicted molar refractivity (Wildman–Crippen MR) is 98.8 cm³/mol. The van der Waals surface area contributed by atoms with Crippen molar-refractivity contribution >= 4 is 28.8 Å². The van der Waals surface area contributed by atoms with Crippen molar-refractivity contribution in [1.29, 1.82) is 0 Å². The van der Waals surface area contributed by atoms with Crippen LogP contribution in [0.2, 0.25) is 0 Å². The van der Waals surface area contributed by atoms with Gasteiger partial charge in [-0.3, -0.25) is 14.5 Å². The van der Waals surface area contributed by atoms with Crippen molar-refractivity contribution in [2.24, 2.45) is 0 Å². The summed E-state index contributed by atoms with van der Waals surface area (Å²) in [5.41, 5.74) is -0.670. The van der Waals surface area contributed by atoms with Gasteiger partial charge in [-0.15, -0.1) is 0 Å². The number of imide groups is 1. The number of hydrogen-bond acceptors (Lipinski definition) is 4. The van der Waals surface area contributed by atoms with Crippen LogP contribution in [0.4, 0.5) is 4.79 Å². The van der Waals surface area contributed by atoms with E-state index in [1.54, 1.807) is 17.9 Å². The number of rotatable bonds is 3. The second-order valence-corrected chi connectivity index (χ2v) is 7.53. The summed E-state index contributed by atoms with van der Waals surface area (Å²) in [6, 6.07) is 8.73. The van der Waals surface area contributed by atoms with Crippen LogP contribution in [0, 0.1) is 0 Å². The van der Waals surface area contributed by atoms with Gasteiger partial charge in [0.25, 0.3) is 5.91 Å².